The van der Waals surface area contributed by atoms with E-state index in [0.717, 1.165) is 40.3 Å². The van der Waals surface area contributed by atoms with Gasteiger partial charge in [0.15, 0.2) is 0 Å². The summed E-state index contributed by atoms with van der Waals surface area (Å²) in [4.78, 5) is 18.8. The van der Waals surface area contributed by atoms with Crippen molar-refractivity contribution in [2.75, 3.05) is 42.1 Å². The molecule has 1 aromatic heterocycles. The number of allylic oxidation sites excluding steroid dienone is 1. The van der Waals surface area contributed by atoms with E-state index in [-0.39, 0.29) is 11.4 Å². The fourth-order valence-corrected chi connectivity index (χ4v) is 5.59. The monoisotopic (exact) mass is 524 g/mol. The van der Waals surface area contributed by atoms with Gasteiger partial charge in [-0.15, -0.1) is 11.8 Å². The number of piperazine rings is 1. The highest BCUT2D eigenvalue weighted by Gasteiger charge is 2.35. The normalized spacial score (nSPS) is 16.4. The zero-order valence-corrected chi connectivity index (χ0v) is 21.2. The molecule has 5 nitrogen and oxygen atoms in total. The average molecular weight is 525 g/mol. The number of rotatable bonds is 5. The van der Waals surface area contributed by atoms with Crippen molar-refractivity contribution in [1.82, 2.24) is 10.3 Å². The number of hydrogen-bond donors (Lipinski definition) is 2. The smallest absolute Gasteiger partial charge is 0.368 e. The van der Waals surface area contributed by atoms with Gasteiger partial charge in [0.05, 0.1) is 11.1 Å². The molecule has 0 unspecified atom stereocenters. The number of amides is 1. The van der Waals surface area contributed by atoms with E-state index in [1.54, 1.807) is 17.2 Å². The highest BCUT2D eigenvalue weighted by molar-refractivity contribution is 8.02. The summed E-state index contributed by atoms with van der Waals surface area (Å²) < 4.78 is 41.4. The van der Waals surface area contributed by atoms with Crippen LogP contribution in [0.4, 0.5) is 24.5 Å². The maximum absolute atomic E-state index is 13.8. The van der Waals surface area contributed by atoms with Gasteiger partial charge in [0.2, 0.25) is 5.91 Å². The molecule has 0 spiro atoms. The molecule has 1 saturated heterocycles. The van der Waals surface area contributed by atoms with Gasteiger partial charge < -0.3 is 15.5 Å². The number of thioether (sulfide) groups is 1. The second kappa shape index (κ2) is 10.6. The van der Waals surface area contributed by atoms with Gasteiger partial charge in [-0.2, -0.15) is 13.2 Å². The summed E-state index contributed by atoms with van der Waals surface area (Å²) in [7, 11) is 0. The lowest BCUT2D eigenvalue weighted by atomic mass is 9.99. The van der Waals surface area contributed by atoms with Crippen molar-refractivity contribution in [1.29, 1.82) is 0 Å². The summed E-state index contributed by atoms with van der Waals surface area (Å²) in [6.07, 6.45) is 1.18. The Morgan fingerprint density at radius 2 is 1.97 bits per heavy atom. The molecule has 0 aliphatic carbocycles. The minimum absolute atomic E-state index is 0.0987. The number of pyridine rings is 1. The maximum Gasteiger partial charge on any atom is 0.418 e. The van der Waals surface area contributed by atoms with Crippen LogP contribution in [0.5, 0.6) is 0 Å². The van der Waals surface area contributed by atoms with Crippen LogP contribution >= 0.6 is 11.8 Å². The molecule has 2 aliphatic rings. The van der Waals surface area contributed by atoms with Crippen molar-refractivity contribution in [3.8, 4) is 0 Å². The molecular formula is C28H27F3N4OS. The van der Waals surface area contributed by atoms with Gasteiger partial charge in [-0.1, -0.05) is 6.07 Å². The van der Waals surface area contributed by atoms with Gasteiger partial charge in [0.1, 0.15) is 0 Å². The molecule has 0 radical (unpaired) electrons. The minimum atomic E-state index is -4.53. The number of nitrogens with one attached hydrogen (secondary N) is 2. The topological polar surface area (TPSA) is 57.3 Å². The number of fused-ring (bicyclic) bond motifs is 1. The van der Waals surface area contributed by atoms with Crippen LogP contribution in [0.25, 0.3) is 22.6 Å². The van der Waals surface area contributed by atoms with E-state index in [1.807, 2.05) is 24.8 Å². The Hall–Kier alpha value is -3.30. The van der Waals surface area contributed by atoms with Crippen LogP contribution in [-0.4, -0.2) is 42.8 Å². The van der Waals surface area contributed by atoms with E-state index in [4.69, 9.17) is 0 Å². The van der Waals surface area contributed by atoms with Gasteiger partial charge >= 0.3 is 6.18 Å². The van der Waals surface area contributed by atoms with Crippen LogP contribution in [0.3, 0.4) is 0 Å². The van der Waals surface area contributed by atoms with Crippen LogP contribution in [0.1, 0.15) is 28.7 Å². The molecule has 2 N–H and O–H groups in total. The van der Waals surface area contributed by atoms with E-state index in [0.29, 0.717) is 26.2 Å². The van der Waals surface area contributed by atoms with Gasteiger partial charge in [0, 0.05) is 61.0 Å². The summed E-state index contributed by atoms with van der Waals surface area (Å²) in [5.74, 6) is 0.579. The number of halogens is 3. The first-order chi connectivity index (χ1) is 17.8. The minimum Gasteiger partial charge on any atom is -0.368 e. The number of aryl methyl sites for hydroxylation is 1. The van der Waals surface area contributed by atoms with E-state index in [9.17, 15) is 18.0 Å². The van der Waals surface area contributed by atoms with Crippen molar-refractivity contribution in [3.05, 3.63) is 76.3 Å². The first kappa shape index (κ1) is 25.4. The summed E-state index contributed by atoms with van der Waals surface area (Å²) in [5.41, 5.74) is 4.60. The summed E-state index contributed by atoms with van der Waals surface area (Å²) >= 11 is 1.81. The predicted octanol–water partition coefficient (Wildman–Crippen LogP) is 6.10. The molecule has 0 bridgehead atoms. The molecule has 0 atom stereocenters. The van der Waals surface area contributed by atoms with E-state index >= 15 is 0 Å². The van der Waals surface area contributed by atoms with Crippen LogP contribution < -0.4 is 15.5 Å². The van der Waals surface area contributed by atoms with Crippen molar-refractivity contribution in [2.45, 2.75) is 19.5 Å². The second-order valence-electron chi connectivity index (χ2n) is 9.12. The van der Waals surface area contributed by atoms with Gasteiger partial charge in [0.25, 0.3) is 0 Å². The third kappa shape index (κ3) is 5.67. The largest absolute Gasteiger partial charge is 0.418 e. The van der Waals surface area contributed by atoms with Gasteiger partial charge in [-0.3, -0.25) is 9.78 Å². The first-order valence-corrected chi connectivity index (χ1v) is 13.2. The number of carbonyl (C=O) groups excluding carboxylic acids is 1. The molecule has 1 amide bonds. The maximum atomic E-state index is 13.8. The Morgan fingerprint density at radius 1 is 1.16 bits per heavy atom. The summed E-state index contributed by atoms with van der Waals surface area (Å²) in [6.45, 7) is 4.22. The molecule has 1 fully saturated rings. The van der Waals surface area contributed by atoms with Crippen molar-refractivity contribution in [2.24, 2.45) is 0 Å². The molecule has 9 heteroatoms. The average Bonchev–Trinajstić information content (AvgIpc) is 3.43. The molecule has 5 rings (SSSR count). The van der Waals surface area contributed by atoms with E-state index in [1.165, 1.54) is 29.3 Å². The molecule has 37 heavy (non-hydrogen) atoms. The molecule has 3 heterocycles. The third-order valence-corrected chi connectivity index (χ3v) is 7.59. The molecular weight excluding hydrogens is 497 g/mol. The number of hydrogen-bond acceptors (Lipinski definition) is 5. The summed E-state index contributed by atoms with van der Waals surface area (Å²) in [6, 6.07) is 10.2. The number of aromatic nitrogens is 1. The van der Waals surface area contributed by atoms with E-state index in [2.05, 4.69) is 33.2 Å². The Labute approximate surface area is 217 Å². The lowest BCUT2D eigenvalue weighted by Gasteiger charge is -2.31. The fraction of sp³-hybridized carbons (Fsp3) is 0.286. The lowest BCUT2D eigenvalue weighted by Crippen LogP contribution is -2.44. The molecule has 2 aromatic carbocycles. The quantitative estimate of drug-likeness (QED) is 0.395. The van der Waals surface area contributed by atoms with Crippen molar-refractivity contribution < 1.29 is 18.0 Å². The highest BCUT2D eigenvalue weighted by Crippen LogP contribution is 2.38. The van der Waals surface area contributed by atoms with Crippen LogP contribution in [0.2, 0.25) is 0 Å². The number of alkyl halides is 3. The third-order valence-electron chi connectivity index (χ3n) is 6.70. The van der Waals surface area contributed by atoms with Crippen LogP contribution in [0.15, 0.2) is 54.1 Å². The van der Waals surface area contributed by atoms with Gasteiger partial charge in [-0.05, 0) is 77.4 Å². The van der Waals surface area contributed by atoms with Crippen LogP contribution in [-0.2, 0) is 11.0 Å². The molecule has 3 aromatic rings. The second-order valence-corrected chi connectivity index (χ2v) is 10.1. The van der Waals surface area contributed by atoms with Crippen LogP contribution in [0, 0.1) is 6.92 Å². The Balaban J connectivity index is 1.35. The number of anilines is 2. The zero-order valence-electron chi connectivity index (χ0n) is 20.4. The van der Waals surface area contributed by atoms with Crippen molar-refractivity contribution >= 4 is 51.6 Å². The Bertz CT molecular complexity index is 1390. The van der Waals surface area contributed by atoms with Crippen molar-refractivity contribution in [3.63, 3.8) is 0 Å². The molecule has 2 aliphatic heterocycles. The SMILES string of the molecule is Cc1c(C=CC(=O)Nc2ccc(N3CCNCC3)c(C(F)(F)F)c2)cnc2ccc(C3=CSCC3)cc12. The molecule has 0 saturated carbocycles. The van der Waals surface area contributed by atoms with Gasteiger partial charge in [-0.25, -0.2) is 0 Å². The number of nitrogens with zero attached hydrogens (tertiary/aromatic N) is 2. The number of benzene rings is 2. The lowest BCUT2D eigenvalue weighted by molar-refractivity contribution is -0.137. The summed E-state index contributed by atoms with van der Waals surface area (Å²) in [5, 5.41) is 8.92. The Morgan fingerprint density at radius 3 is 2.70 bits per heavy atom. The molecule has 192 valence electrons. The predicted molar refractivity (Wildman–Crippen MR) is 146 cm³/mol. The Kier molecular flexibility index (Phi) is 7.26. The first-order valence-electron chi connectivity index (χ1n) is 12.2. The fourth-order valence-electron chi connectivity index (χ4n) is 4.68. The standard InChI is InChI=1S/C28H27F3N4OS/c1-18-20(16-33-25-5-2-19(14-23(18)25)21-8-13-37-17-21)3-7-27(36)34-22-4-6-26(24(15-22)28(29,30)31)35-11-9-32-10-12-35/h2-7,14-17,32H,8-13H2,1H3,(H,34,36). The zero-order chi connectivity index (χ0) is 26.0. The van der Waals surface area contributed by atoms with E-state index < -0.39 is 17.6 Å². The number of carbonyl (C=O) groups is 1. The highest BCUT2D eigenvalue weighted by atomic mass is 32.2.